The minimum Gasteiger partial charge on any atom is -0.542 e. The number of aliphatic hydroxyl groups is 1. The summed E-state index contributed by atoms with van der Waals surface area (Å²) >= 11 is 0. The van der Waals surface area contributed by atoms with E-state index >= 15 is 0 Å². The molecule has 5 nitrogen and oxygen atoms in total. The maximum absolute atomic E-state index is 12.5. The van der Waals surface area contributed by atoms with Crippen molar-refractivity contribution in [3.8, 4) is 22.6 Å². The fourth-order valence-electron chi connectivity index (χ4n) is 4.97. The van der Waals surface area contributed by atoms with Crippen molar-refractivity contribution >= 4 is 20.6 Å². The molecular formula is C31H35O5Si. The van der Waals surface area contributed by atoms with E-state index in [2.05, 4.69) is 59.0 Å². The highest BCUT2D eigenvalue weighted by Crippen LogP contribution is 2.51. The van der Waals surface area contributed by atoms with Crippen LogP contribution in [0.15, 0.2) is 60.2 Å². The Kier molecular flexibility index (Phi) is 7.35. The molecule has 0 aliphatic heterocycles. The summed E-state index contributed by atoms with van der Waals surface area (Å²) in [5, 5.41) is 21.5. The van der Waals surface area contributed by atoms with Crippen molar-refractivity contribution < 1.29 is 24.2 Å². The molecule has 0 saturated heterocycles. The van der Waals surface area contributed by atoms with Gasteiger partial charge >= 0.3 is 5.97 Å². The number of rotatable bonds is 7. The summed E-state index contributed by atoms with van der Waals surface area (Å²) in [5.74, 6) is 0.337. The molecule has 37 heavy (non-hydrogen) atoms. The highest BCUT2D eigenvalue weighted by atomic mass is 28.3. The molecule has 0 fully saturated rings. The number of fused-ring (bicyclic) bond motifs is 1. The number of aliphatic hydroxyl groups excluding tert-OH is 1. The van der Waals surface area contributed by atoms with Crippen LogP contribution in [0.3, 0.4) is 0 Å². The topological polar surface area (TPSA) is 76.0 Å². The minimum absolute atomic E-state index is 0.0146. The molecule has 3 aromatic rings. The third-order valence-electron chi connectivity index (χ3n) is 6.83. The van der Waals surface area contributed by atoms with Gasteiger partial charge in [0.1, 0.15) is 17.6 Å². The molecule has 0 saturated carbocycles. The molecule has 0 bridgehead atoms. The second kappa shape index (κ2) is 10.2. The highest BCUT2D eigenvalue weighted by molar-refractivity contribution is 6.49. The van der Waals surface area contributed by atoms with Crippen LogP contribution >= 0.6 is 0 Å². The quantitative estimate of drug-likeness (QED) is 0.339. The van der Waals surface area contributed by atoms with E-state index in [1.54, 1.807) is 7.11 Å². The lowest BCUT2D eigenvalue weighted by Crippen LogP contribution is -2.15. The van der Waals surface area contributed by atoms with Gasteiger partial charge in [-0.2, -0.15) is 0 Å². The van der Waals surface area contributed by atoms with Gasteiger partial charge in [-0.05, 0) is 76.5 Å². The Morgan fingerprint density at radius 3 is 2.22 bits per heavy atom. The minimum atomic E-state index is -1.23. The number of ether oxygens (including phenoxy) is 1. The first-order valence-electron chi connectivity index (χ1n) is 12.6. The third-order valence-corrected chi connectivity index (χ3v) is 7.46. The zero-order valence-electron chi connectivity index (χ0n) is 22.6. The second-order valence-electron chi connectivity index (χ2n) is 10.6. The van der Waals surface area contributed by atoms with Crippen LogP contribution in [0, 0.1) is 0 Å². The van der Waals surface area contributed by atoms with Gasteiger partial charge in [-0.3, -0.25) is 0 Å². The van der Waals surface area contributed by atoms with Crippen LogP contribution in [0.25, 0.3) is 16.7 Å². The fraction of sp³-hybridized carbons (Fsp3) is 0.323. The first-order valence-corrected chi connectivity index (χ1v) is 15.0. The predicted octanol–water partition coefficient (Wildman–Crippen LogP) is 6.79. The Labute approximate surface area is 221 Å². The van der Waals surface area contributed by atoms with E-state index in [0.29, 0.717) is 16.9 Å². The van der Waals surface area contributed by atoms with Gasteiger partial charge in [0.05, 0.1) is 12.7 Å². The molecule has 193 valence electrons. The normalized spacial score (nSPS) is 15.2. The number of aliphatic carboxylic acids is 1. The fourth-order valence-corrected chi connectivity index (χ4v) is 5.58. The zero-order chi connectivity index (χ0) is 27.1. The van der Waals surface area contributed by atoms with Gasteiger partial charge in [-0.1, -0.05) is 64.1 Å². The van der Waals surface area contributed by atoms with Gasteiger partial charge in [-0.25, -0.2) is 4.79 Å². The summed E-state index contributed by atoms with van der Waals surface area (Å²) in [7, 11) is 0.507. The molecule has 1 radical (unpaired) electrons. The van der Waals surface area contributed by atoms with Gasteiger partial charge in [0.25, 0.3) is 9.04 Å². The summed E-state index contributed by atoms with van der Waals surface area (Å²) in [6.07, 6.45) is -0.488. The van der Waals surface area contributed by atoms with E-state index in [9.17, 15) is 15.0 Å². The predicted molar refractivity (Wildman–Crippen MR) is 150 cm³/mol. The summed E-state index contributed by atoms with van der Waals surface area (Å²) in [6, 6.07) is 17.5. The number of hydrogen-bond donors (Lipinski definition) is 2. The molecule has 1 unspecified atom stereocenters. The summed E-state index contributed by atoms with van der Waals surface area (Å²) in [6.45, 7) is 12.8. The van der Waals surface area contributed by atoms with E-state index in [-0.39, 0.29) is 11.0 Å². The maximum Gasteiger partial charge on any atom is 0.335 e. The number of aryl methyl sites for hydroxylation is 1. The Balaban J connectivity index is 2.08. The summed E-state index contributed by atoms with van der Waals surface area (Å²) in [4.78, 5) is 12.5. The average Bonchev–Trinajstić information content (AvgIpc) is 3.15. The number of benzene rings is 3. The van der Waals surface area contributed by atoms with Gasteiger partial charge in [0, 0.05) is 11.1 Å². The van der Waals surface area contributed by atoms with Crippen molar-refractivity contribution in [1.82, 2.24) is 0 Å². The van der Waals surface area contributed by atoms with Crippen molar-refractivity contribution in [1.29, 1.82) is 0 Å². The molecule has 0 aromatic heterocycles. The largest absolute Gasteiger partial charge is 0.542 e. The van der Waals surface area contributed by atoms with Crippen LogP contribution in [-0.2, 0) is 16.6 Å². The SMILES string of the molecule is CCc1ccc2c(c1-c1ccc(C(C)(C)C)cc1O[Si](C)C)C(c1ccc(OC)cc1)=C(C(=O)O)C2O. The number of carboxylic acids is 1. The first kappa shape index (κ1) is 26.7. The Morgan fingerprint density at radius 1 is 1.00 bits per heavy atom. The van der Waals surface area contributed by atoms with E-state index in [1.165, 1.54) is 0 Å². The van der Waals surface area contributed by atoms with Crippen molar-refractivity contribution in [2.75, 3.05) is 7.11 Å². The van der Waals surface area contributed by atoms with E-state index in [1.807, 2.05) is 36.4 Å². The van der Waals surface area contributed by atoms with Gasteiger partial charge in [0.15, 0.2) is 0 Å². The average molecular weight is 516 g/mol. The van der Waals surface area contributed by atoms with E-state index < -0.39 is 21.1 Å². The maximum atomic E-state index is 12.5. The molecule has 4 rings (SSSR count). The lowest BCUT2D eigenvalue weighted by Gasteiger charge is -2.25. The monoisotopic (exact) mass is 515 g/mol. The van der Waals surface area contributed by atoms with Crippen molar-refractivity contribution in [3.05, 3.63) is 88.0 Å². The lowest BCUT2D eigenvalue weighted by atomic mass is 9.83. The van der Waals surface area contributed by atoms with Crippen molar-refractivity contribution in [2.45, 2.75) is 58.7 Å². The second-order valence-corrected chi connectivity index (χ2v) is 12.6. The van der Waals surface area contributed by atoms with Gasteiger partial charge < -0.3 is 19.4 Å². The van der Waals surface area contributed by atoms with Crippen LogP contribution < -0.4 is 9.16 Å². The van der Waals surface area contributed by atoms with Crippen LogP contribution in [0.2, 0.25) is 13.1 Å². The number of carbonyl (C=O) groups is 1. The number of methoxy groups -OCH3 is 1. The van der Waals surface area contributed by atoms with Crippen molar-refractivity contribution in [2.24, 2.45) is 0 Å². The first-order chi connectivity index (χ1) is 17.5. The van der Waals surface area contributed by atoms with Gasteiger partial charge in [-0.15, -0.1) is 0 Å². The number of carboxylic acid groups (broad SMARTS) is 1. The summed E-state index contributed by atoms with van der Waals surface area (Å²) in [5.41, 5.74) is 6.59. The zero-order valence-corrected chi connectivity index (χ0v) is 23.6. The number of hydrogen-bond acceptors (Lipinski definition) is 4. The molecule has 0 amide bonds. The van der Waals surface area contributed by atoms with E-state index in [4.69, 9.17) is 9.16 Å². The molecular weight excluding hydrogens is 480 g/mol. The Hall–Kier alpha value is -3.35. The van der Waals surface area contributed by atoms with Gasteiger partial charge in [0.2, 0.25) is 0 Å². The molecule has 0 spiro atoms. The third kappa shape index (κ3) is 4.96. The van der Waals surface area contributed by atoms with Crippen LogP contribution in [0.4, 0.5) is 0 Å². The lowest BCUT2D eigenvalue weighted by molar-refractivity contribution is -0.133. The molecule has 1 aliphatic carbocycles. The molecule has 0 heterocycles. The van der Waals surface area contributed by atoms with E-state index in [0.717, 1.165) is 45.6 Å². The summed E-state index contributed by atoms with van der Waals surface area (Å²) < 4.78 is 11.8. The van der Waals surface area contributed by atoms with Crippen molar-refractivity contribution in [3.63, 3.8) is 0 Å². The highest BCUT2D eigenvalue weighted by Gasteiger charge is 2.38. The molecule has 2 N–H and O–H groups in total. The molecule has 1 atom stereocenters. The Morgan fingerprint density at radius 2 is 1.68 bits per heavy atom. The molecule has 6 heteroatoms. The van der Waals surface area contributed by atoms with Crippen LogP contribution in [0.5, 0.6) is 11.5 Å². The van der Waals surface area contributed by atoms with Crippen LogP contribution in [0.1, 0.15) is 61.6 Å². The smallest absolute Gasteiger partial charge is 0.335 e. The Bertz CT molecular complexity index is 1360. The molecule has 3 aromatic carbocycles. The molecule has 1 aliphatic rings. The van der Waals surface area contributed by atoms with Crippen LogP contribution in [-0.4, -0.2) is 32.3 Å². The standard InChI is InChI=1S/C31H35O5Si/c1-8-18-11-15-23-27(25(18)22-16-12-20(31(2,3)4)17-24(22)36-37(6)7)26(28(29(23)32)30(33)34)19-9-13-21(35-5)14-10-19/h9-17,29,32H,8H2,1-7H3,(H,33,34).